The smallest absolute Gasteiger partial charge is 0.270 e. The number of hydrogen-bond acceptors (Lipinski definition) is 6. The van der Waals surface area contributed by atoms with E-state index in [1.165, 1.54) is 0 Å². The van der Waals surface area contributed by atoms with Crippen molar-refractivity contribution < 1.29 is 14.3 Å². The number of benzene rings is 2. The molecule has 0 bridgehead atoms. The molecule has 150 valence electrons. The molecule has 0 radical (unpaired) electrons. The van der Waals surface area contributed by atoms with E-state index in [1.807, 2.05) is 50.2 Å². The van der Waals surface area contributed by atoms with Gasteiger partial charge >= 0.3 is 0 Å². The van der Waals surface area contributed by atoms with Gasteiger partial charge in [-0.3, -0.25) is 4.79 Å². The van der Waals surface area contributed by atoms with E-state index in [9.17, 15) is 4.79 Å². The molecule has 2 aromatic carbocycles. The molecule has 7 heteroatoms. The number of rotatable bonds is 7. The van der Waals surface area contributed by atoms with Crippen molar-refractivity contribution >= 4 is 17.5 Å². The highest BCUT2D eigenvalue weighted by atomic mass is 16.5. The normalized spacial score (nSPS) is 10.3. The van der Waals surface area contributed by atoms with Gasteiger partial charge in [0.15, 0.2) is 11.5 Å². The third kappa shape index (κ3) is 5.01. The average Bonchev–Trinajstić information content (AvgIpc) is 2.73. The summed E-state index contributed by atoms with van der Waals surface area (Å²) in [6, 6.07) is 15.0. The van der Waals surface area contributed by atoms with Gasteiger partial charge in [0.25, 0.3) is 5.91 Å². The highest BCUT2D eigenvalue weighted by Crippen LogP contribution is 2.27. The zero-order valence-corrected chi connectivity index (χ0v) is 16.9. The highest BCUT2D eigenvalue weighted by molar-refractivity contribution is 5.92. The maximum absolute atomic E-state index is 12.6. The van der Waals surface area contributed by atoms with E-state index >= 15 is 0 Å². The summed E-state index contributed by atoms with van der Waals surface area (Å²) in [7, 11) is 3.16. The van der Waals surface area contributed by atoms with Gasteiger partial charge in [0.1, 0.15) is 5.69 Å². The Hall–Kier alpha value is -3.61. The second kappa shape index (κ2) is 9.05. The number of carbonyl (C=O) groups excluding carboxylic acids is 1. The van der Waals surface area contributed by atoms with Crippen LogP contribution in [0.15, 0.2) is 48.5 Å². The van der Waals surface area contributed by atoms with Crippen LogP contribution in [0.1, 0.15) is 27.3 Å². The number of ether oxygens (including phenoxy) is 2. The van der Waals surface area contributed by atoms with Crippen molar-refractivity contribution in [2.75, 3.05) is 19.5 Å². The first kappa shape index (κ1) is 20.1. The lowest BCUT2D eigenvalue weighted by atomic mass is 10.2. The molecule has 0 unspecified atom stereocenters. The molecule has 0 fully saturated rings. The van der Waals surface area contributed by atoms with E-state index in [-0.39, 0.29) is 5.91 Å². The Morgan fingerprint density at radius 1 is 0.966 bits per heavy atom. The van der Waals surface area contributed by atoms with Crippen molar-refractivity contribution in [1.29, 1.82) is 0 Å². The van der Waals surface area contributed by atoms with Crippen LogP contribution in [0.25, 0.3) is 0 Å². The van der Waals surface area contributed by atoms with E-state index in [1.54, 1.807) is 26.4 Å². The van der Waals surface area contributed by atoms with Gasteiger partial charge in [-0.1, -0.05) is 24.3 Å². The average molecular weight is 392 g/mol. The number of nitrogens with zero attached hydrogens (tertiary/aromatic N) is 2. The second-order valence-corrected chi connectivity index (χ2v) is 6.53. The Labute approximate surface area is 170 Å². The molecule has 0 saturated carbocycles. The summed E-state index contributed by atoms with van der Waals surface area (Å²) in [5, 5.41) is 6.06. The van der Waals surface area contributed by atoms with Gasteiger partial charge in [-0.2, -0.15) is 0 Å². The predicted octanol–water partition coefficient (Wildman–Crippen LogP) is 3.78. The maximum atomic E-state index is 12.6. The molecule has 0 atom stereocenters. The zero-order valence-electron chi connectivity index (χ0n) is 16.9. The fourth-order valence-electron chi connectivity index (χ4n) is 2.84. The van der Waals surface area contributed by atoms with Crippen molar-refractivity contribution in [3.05, 3.63) is 71.0 Å². The predicted molar refractivity (Wildman–Crippen MR) is 112 cm³/mol. The van der Waals surface area contributed by atoms with Gasteiger partial charge in [-0.05, 0) is 49.2 Å². The molecule has 3 rings (SSSR count). The lowest BCUT2D eigenvalue weighted by Crippen LogP contribution is -2.24. The lowest BCUT2D eigenvalue weighted by molar-refractivity contribution is 0.0945. The van der Waals surface area contributed by atoms with Crippen LogP contribution in [0.2, 0.25) is 0 Å². The van der Waals surface area contributed by atoms with Crippen LogP contribution in [0.4, 0.5) is 11.6 Å². The molecule has 0 aliphatic rings. The number of methoxy groups -OCH3 is 2. The molecule has 1 aromatic heterocycles. The Morgan fingerprint density at radius 2 is 1.72 bits per heavy atom. The van der Waals surface area contributed by atoms with E-state index in [0.29, 0.717) is 35.4 Å². The van der Waals surface area contributed by atoms with E-state index in [2.05, 4.69) is 20.6 Å². The summed E-state index contributed by atoms with van der Waals surface area (Å²) in [6.45, 7) is 4.16. The molecule has 1 heterocycles. The summed E-state index contributed by atoms with van der Waals surface area (Å²) in [5.74, 6) is 1.36. The Kier molecular flexibility index (Phi) is 6.29. The molecule has 1 amide bonds. The minimum atomic E-state index is -0.280. The van der Waals surface area contributed by atoms with Gasteiger partial charge in [-0.15, -0.1) is 0 Å². The molecule has 0 aliphatic heterocycles. The fourth-order valence-corrected chi connectivity index (χ4v) is 2.84. The molecule has 2 N–H and O–H groups in total. The Morgan fingerprint density at radius 3 is 2.45 bits per heavy atom. The van der Waals surface area contributed by atoms with Gasteiger partial charge < -0.3 is 20.1 Å². The second-order valence-electron chi connectivity index (χ2n) is 6.53. The van der Waals surface area contributed by atoms with Crippen molar-refractivity contribution in [2.24, 2.45) is 0 Å². The summed E-state index contributed by atoms with van der Waals surface area (Å²) in [4.78, 5) is 21.4. The molecule has 3 aromatic rings. The van der Waals surface area contributed by atoms with Crippen molar-refractivity contribution in [2.45, 2.75) is 20.4 Å². The van der Waals surface area contributed by atoms with Crippen LogP contribution in [0.5, 0.6) is 11.5 Å². The first-order chi connectivity index (χ1) is 14.0. The quantitative estimate of drug-likeness (QED) is 0.636. The largest absolute Gasteiger partial charge is 0.493 e. The van der Waals surface area contributed by atoms with E-state index < -0.39 is 0 Å². The number of nitrogens with one attached hydrogen (secondary N) is 2. The van der Waals surface area contributed by atoms with Gasteiger partial charge in [0.05, 0.1) is 14.2 Å². The summed E-state index contributed by atoms with van der Waals surface area (Å²) in [5.41, 5.74) is 3.85. The molecule has 7 nitrogen and oxygen atoms in total. The molecule has 0 aliphatic carbocycles. The van der Waals surface area contributed by atoms with Crippen molar-refractivity contribution in [3.8, 4) is 11.5 Å². The minimum absolute atomic E-state index is 0.280. The minimum Gasteiger partial charge on any atom is -0.493 e. The third-order valence-corrected chi connectivity index (χ3v) is 4.38. The van der Waals surface area contributed by atoms with Crippen LogP contribution in [0, 0.1) is 13.8 Å². The van der Waals surface area contributed by atoms with Crippen LogP contribution in [0.3, 0.4) is 0 Å². The summed E-state index contributed by atoms with van der Waals surface area (Å²) in [6.07, 6.45) is 0. The van der Waals surface area contributed by atoms with Crippen molar-refractivity contribution in [1.82, 2.24) is 15.3 Å². The maximum Gasteiger partial charge on any atom is 0.270 e. The standard InChI is InChI=1S/C22H24N4O3/c1-14-7-5-6-8-17(14)25-22-24-15(2)11-18(26-22)21(27)23-13-16-9-10-19(28-3)20(12-16)29-4/h5-12H,13H2,1-4H3,(H,23,27)(H,24,25,26). The first-order valence-corrected chi connectivity index (χ1v) is 9.17. The number of amides is 1. The number of aryl methyl sites for hydroxylation is 2. The Bertz CT molecular complexity index is 1020. The Balaban J connectivity index is 1.72. The lowest BCUT2D eigenvalue weighted by Gasteiger charge is -2.12. The van der Waals surface area contributed by atoms with Crippen LogP contribution in [-0.2, 0) is 6.54 Å². The molecule has 0 spiro atoms. The topological polar surface area (TPSA) is 85.4 Å². The monoisotopic (exact) mass is 392 g/mol. The SMILES string of the molecule is COc1ccc(CNC(=O)c2cc(C)nc(Nc3ccccc3C)n2)cc1OC. The number of anilines is 2. The molecule has 29 heavy (non-hydrogen) atoms. The molecular weight excluding hydrogens is 368 g/mol. The highest BCUT2D eigenvalue weighted by Gasteiger charge is 2.12. The van der Waals surface area contributed by atoms with Crippen molar-refractivity contribution in [3.63, 3.8) is 0 Å². The molecular formula is C22H24N4O3. The number of hydrogen-bond donors (Lipinski definition) is 2. The molecule has 0 saturated heterocycles. The first-order valence-electron chi connectivity index (χ1n) is 9.17. The van der Waals surface area contributed by atoms with E-state index in [0.717, 1.165) is 16.8 Å². The van der Waals surface area contributed by atoms with Crippen LogP contribution in [-0.4, -0.2) is 30.1 Å². The zero-order chi connectivity index (χ0) is 20.8. The number of para-hydroxylation sites is 1. The van der Waals surface area contributed by atoms with Crippen LogP contribution < -0.4 is 20.1 Å². The third-order valence-electron chi connectivity index (χ3n) is 4.38. The van der Waals surface area contributed by atoms with Gasteiger partial charge in [0, 0.05) is 17.9 Å². The number of carbonyl (C=O) groups is 1. The van der Waals surface area contributed by atoms with Gasteiger partial charge in [0.2, 0.25) is 5.95 Å². The van der Waals surface area contributed by atoms with E-state index in [4.69, 9.17) is 9.47 Å². The number of aromatic nitrogens is 2. The summed E-state index contributed by atoms with van der Waals surface area (Å²) < 4.78 is 10.5. The van der Waals surface area contributed by atoms with Crippen LogP contribution >= 0.6 is 0 Å². The fraction of sp³-hybridized carbons (Fsp3) is 0.227. The van der Waals surface area contributed by atoms with Gasteiger partial charge in [-0.25, -0.2) is 9.97 Å². The summed E-state index contributed by atoms with van der Waals surface area (Å²) >= 11 is 0.